The second kappa shape index (κ2) is 4.67. The van der Waals surface area contributed by atoms with Crippen LogP contribution in [0.1, 0.15) is 25.3 Å². The maximum absolute atomic E-state index is 5.12. The van der Waals surface area contributed by atoms with Crippen LogP contribution in [-0.4, -0.2) is 13.2 Å². The Balaban J connectivity index is 1.93. The lowest BCUT2D eigenvalue weighted by atomic mass is 9.82. The highest BCUT2D eigenvalue weighted by Crippen LogP contribution is 2.29. The van der Waals surface area contributed by atoms with E-state index in [1.54, 1.807) is 7.11 Å². The van der Waals surface area contributed by atoms with E-state index in [4.69, 9.17) is 4.74 Å². The smallest absolute Gasteiger partial charge is 0.0713 e. The molecule has 0 heterocycles. The SMILES string of the molecule is COCc1cccc(NC2CC(C)C2)c1. The summed E-state index contributed by atoms with van der Waals surface area (Å²) in [5.41, 5.74) is 2.45. The van der Waals surface area contributed by atoms with Gasteiger partial charge in [-0.25, -0.2) is 0 Å². The second-order valence-corrected chi connectivity index (χ2v) is 4.55. The van der Waals surface area contributed by atoms with Gasteiger partial charge in [-0.1, -0.05) is 19.1 Å². The number of ether oxygens (including phenoxy) is 1. The molecule has 0 radical (unpaired) electrons. The third kappa shape index (κ3) is 2.72. The molecular formula is C13H19NO. The number of rotatable bonds is 4. The van der Waals surface area contributed by atoms with Gasteiger partial charge in [-0.15, -0.1) is 0 Å². The maximum Gasteiger partial charge on any atom is 0.0713 e. The van der Waals surface area contributed by atoms with Gasteiger partial charge in [-0.05, 0) is 36.5 Å². The normalized spacial score (nSPS) is 24.7. The van der Waals surface area contributed by atoms with Crippen LogP contribution in [0, 0.1) is 5.92 Å². The van der Waals surface area contributed by atoms with Crippen LogP contribution in [0.3, 0.4) is 0 Å². The van der Waals surface area contributed by atoms with Crippen molar-refractivity contribution in [3.05, 3.63) is 29.8 Å². The average molecular weight is 205 g/mol. The van der Waals surface area contributed by atoms with E-state index < -0.39 is 0 Å². The minimum absolute atomic E-state index is 0.679. The van der Waals surface area contributed by atoms with Crippen molar-refractivity contribution in [2.24, 2.45) is 5.92 Å². The average Bonchev–Trinajstić information content (AvgIpc) is 2.17. The summed E-state index contributed by atoms with van der Waals surface area (Å²) >= 11 is 0. The quantitative estimate of drug-likeness (QED) is 0.815. The van der Waals surface area contributed by atoms with Crippen LogP contribution in [0.5, 0.6) is 0 Å². The molecule has 1 aromatic carbocycles. The molecule has 1 saturated carbocycles. The summed E-state index contributed by atoms with van der Waals surface area (Å²) in [5.74, 6) is 0.893. The molecule has 0 aliphatic heterocycles. The molecule has 0 atom stereocenters. The summed E-state index contributed by atoms with van der Waals surface area (Å²) in [4.78, 5) is 0. The highest BCUT2D eigenvalue weighted by atomic mass is 16.5. The fourth-order valence-electron chi connectivity index (χ4n) is 2.17. The number of benzene rings is 1. The van der Waals surface area contributed by atoms with Gasteiger partial charge in [-0.3, -0.25) is 0 Å². The fraction of sp³-hybridized carbons (Fsp3) is 0.538. The molecule has 0 saturated heterocycles. The number of methoxy groups -OCH3 is 1. The Morgan fingerprint density at radius 3 is 2.87 bits per heavy atom. The molecular weight excluding hydrogens is 186 g/mol. The molecule has 1 aliphatic rings. The van der Waals surface area contributed by atoms with Gasteiger partial charge in [0.2, 0.25) is 0 Å². The number of hydrogen-bond donors (Lipinski definition) is 1. The Bertz CT molecular complexity index is 318. The zero-order valence-corrected chi connectivity index (χ0v) is 9.49. The Kier molecular flexibility index (Phi) is 3.27. The number of anilines is 1. The molecule has 0 bridgehead atoms. The third-order valence-corrected chi connectivity index (χ3v) is 2.98. The summed E-state index contributed by atoms with van der Waals surface area (Å²) in [6.07, 6.45) is 2.60. The molecule has 2 nitrogen and oxygen atoms in total. The Labute approximate surface area is 91.6 Å². The van der Waals surface area contributed by atoms with Crippen LogP contribution in [0.15, 0.2) is 24.3 Å². The highest BCUT2D eigenvalue weighted by Gasteiger charge is 2.24. The molecule has 2 rings (SSSR count). The Hall–Kier alpha value is -1.02. The van der Waals surface area contributed by atoms with E-state index in [9.17, 15) is 0 Å². The van der Waals surface area contributed by atoms with E-state index in [0.29, 0.717) is 12.6 Å². The summed E-state index contributed by atoms with van der Waals surface area (Å²) in [6.45, 7) is 3.00. The van der Waals surface area contributed by atoms with Gasteiger partial charge in [0.25, 0.3) is 0 Å². The largest absolute Gasteiger partial charge is 0.382 e. The molecule has 1 aromatic rings. The topological polar surface area (TPSA) is 21.3 Å². The van der Waals surface area contributed by atoms with Crippen LogP contribution < -0.4 is 5.32 Å². The van der Waals surface area contributed by atoms with Gasteiger partial charge in [-0.2, -0.15) is 0 Å². The van der Waals surface area contributed by atoms with E-state index in [-0.39, 0.29) is 0 Å². The summed E-state index contributed by atoms with van der Waals surface area (Å²) in [7, 11) is 1.73. The minimum atomic E-state index is 0.679. The first-order valence-corrected chi connectivity index (χ1v) is 5.62. The van der Waals surface area contributed by atoms with Gasteiger partial charge in [0, 0.05) is 18.8 Å². The predicted octanol–water partition coefficient (Wildman–Crippen LogP) is 3.04. The standard InChI is InChI=1S/C13H19NO/c1-10-6-13(7-10)14-12-5-3-4-11(8-12)9-15-2/h3-5,8,10,13-14H,6-7,9H2,1-2H3. The van der Waals surface area contributed by atoms with E-state index in [1.807, 2.05) is 0 Å². The van der Waals surface area contributed by atoms with E-state index in [1.165, 1.54) is 24.1 Å². The van der Waals surface area contributed by atoms with Gasteiger partial charge in [0.05, 0.1) is 6.61 Å². The lowest BCUT2D eigenvalue weighted by Crippen LogP contribution is -2.33. The van der Waals surface area contributed by atoms with E-state index in [2.05, 4.69) is 36.5 Å². The van der Waals surface area contributed by atoms with Crippen molar-refractivity contribution < 1.29 is 4.74 Å². The molecule has 0 unspecified atom stereocenters. The molecule has 1 aliphatic carbocycles. The van der Waals surface area contributed by atoms with Gasteiger partial charge >= 0.3 is 0 Å². The minimum Gasteiger partial charge on any atom is -0.382 e. The highest BCUT2D eigenvalue weighted by molar-refractivity contribution is 5.46. The van der Waals surface area contributed by atoms with Crippen molar-refractivity contribution in [2.75, 3.05) is 12.4 Å². The van der Waals surface area contributed by atoms with Crippen LogP contribution in [0.2, 0.25) is 0 Å². The number of hydrogen-bond acceptors (Lipinski definition) is 2. The summed E-state index contributed by atoms with van der Waals surface area (Å²) in [6, 6.07) is 9.16. The molecule has 15 heavy (non-hydrogen) atoms. The zero-order chi connectivity index (χ0) is 10.7. The predicted molar refractivity (Wildman–Crippen MR) is 63.0 cm³/mol. The molecule has 1 N–H and O–H groups in total. The van der Waals surface area contributed by atoms with E-state index in [0.717, 1.165) is 5.92 Å². The van der Waals surface area contributed by atoms with E-state index >= 15 is 0 Å². The van der Waals surface area contributed by atoms with Crippen molar-refractivity contribution >= 4 is 5.69 Å². The maximum atomic E-state index is 5.12. The molecule has 0 amide bonds. The molecule has 2 heteroatoms. The van der Waals surface area contributed by atoms with Crippen molar-refractivity contribution in [1.29, 1.82) is 0 Å². The summed E-state index contributed by atoms with van der Waals surface area (Å²) < 4.78 is 5.12. The lowest BCUT2D eigenvalue weighted by Gasteiger charge is -2.34. The second-order valence-electron chi connectivity index (χ2n) is 4.55. The molecule has 0 spiro atoms. The monoisotopic (exact) mass is 205 g/mol. The number of nitrogens with one attached hydrogen (secondary N) is 1. The first kappa shape index (κ1) is 10.5. The van der Waals surface area contributed by atoms with Crippen molar-refractivity contribution in [1.82, 2.24) is 0 Å². The zero-order valence-electron chi connectivity index (χ0n) is 9.49. The molecule has 82 valence electrons. The summed E-state index contributed by atoms with van der Waals surface area (Å²) in [5, 5.41) is 3.55. The Morgan fingerprint density at radius 1 is 1.40 bits per heavy atom. The van der Waals surface area contributed by atoms with Crippen LogP contribution in [0.25, 0.3) is 0 Å². The van der Waals surface area contributed by atoms with Gasteiger partial charge < -0.3 is 10.1 Å². The van der Waals surface area contributed by atoms with Crippen LogP contribution >= 0.6 is 0 Å². The third-order valence-electron chi connectivity index (χ3n) is 2.98. The van der Waals surface area contributed by atoms with Crippen LogP contribution in [-0.2, 0) is 11.3 Å². The van der Waals surface area contributed by atoms with Gasteiger partial charge in [0.15, 0.2) is 0 Å². The van der Waals surface area contributed by atoms with Crippen molar-refractivity contribution in [2.45, 2.75) is 32.4 Å². The first-order valence-electron chi connectivity index (χ1n) is 5.62. The van der Waals surface area contributed by atoms with Crippen molar-refractivity contribution in [3.63, 3.8) is 0 Å². The lowest BCUT2D eigenvalue weighted by molar-refractivity contribution is 0.185. The Morgan fingerprint density at radius 2 is 2.20 bits per heavy atom. The van der Waals surface area contributed by atoms with Gasteiger partial charge in [0.1, 0.15) is 0 Å². The molecule has 0 aromatic heterocycles. The van der Waals surface area contributed by atoms with Crippen molar-refractivity contribution in [3.8, 4) is 0 Å². The fourth-order valence-corrected chi connectivity index (χ4v) is 2.17. The first-order chi connectivity index (χ1) is 7.28. The molecule has 1 fully saturated rings. The van der Waals surface area contributed by atoms with Crippen LogP contribution in [0.4, 0.5) is 5.69 Å².